The van der Waals surface area contributed by atoms with Gasteiger partial charge in [-0.1, -0.05) is 5.16 Å². The molecule has 3 rings (SSSR count). The predicted octanol–water partition coefficient (Wildman–Crippen LogP) is 2.83. The Balaban J connectivity index is 1.76. The lowest BCUT2D eigenvalue weighted by Crippen LogP contribution is -2.15. The molecule has 0 unspecified atom stereocenters. The molecule has 0 spiro atoms. The SMILES string of the molecule is Cc1cc(-n2c(C)cc(C(=O)COC(=O)c3ccncc3)c2C)no1. The van der Waals surface area contributed by atoms with Gasteiger partial charge in [0.25, 0.3) is 0 Å². The van der Waals surface area contributed by atoms with Gasteiger partial charge in [0.1, 0.15) is 5.76 Å². The molecule has 0 saturated heterocycles. The molecule has 0 radical (unpaired) electrons. The molecule has 3 aromatic rings. The van der Waals surface area contributed by atoms with Crippen LogP contribution in [0.25, 0.3) is 5.82 Å². The van der Waals surface area contributed by atoms with Crippen molar-refractivity contribution in [3.8, 4) is 5.82 Å². The average Bonchev–Trinajstić information content (AvgIpc) is 3.15. The van der Waals surface area contributed by atoms with Gasteiger partial charge in [0.2, 0.25) is 5.78 Å². The zero-order valence-corrected chi connectivity index (χ0v) is 14.1. The lowest BCUT2D eigenvalue weighted by atomic mass is 10.1. The molecule has 0 amide bonds. The van der Waals surface area contributed by atoms with Gasteiger partial charge in [-0.15, -0.1) is 0 Å². The predicted molar refractivity (Wildman–Crippen MR) is 88.9 cm³/mol. The lowest BCUT2D eigenvalue weighted by Gasteiger charge is -2.06. The van der Waals surface area contributed by atoms with Gasteiger partial charge in [0.05, 0.1) is 5.56 Å². The van der Waals surface area contributed by atoms with E-state index in [2.05, 4.69) is 10.1 Å². The van der Waals surface area contributed by atoms with E-state index >= 15 is 0 Å². The number of carbonyl (C=O) groups excluding carboxylic acids is 2. The molecule has 7 heteroatoms. The normalized spacial score (nSPS) is 10.7. The fourth-order valence-corrected chi connectivity index (χ4v) is 2.64. The number of Topliss-reactive ketones (excluding diaryl/α,β-unsaturated/α-hetero) is 1. The molecule has 0 aliphatic carbocycles. The molecule has 0 bridgehead atoms. The molecule has 0 aromatic carbocycles. The quantitative estimate of drug-likeness (QED) is 0.525. The number of ketones is 1. The van der Waals surface area contributed by atoms with E-state index in [1.54, 1.807) is 19.1 Å². The maximum Gasteiger partial charge on any atom is 0.338 e. The molecule has 0 saturated carbocycles. The molecule has 0 N–H and O–H groups in total. The van der Waals surface area contributed by atoms with Crippen molar-refractivity contribution in [2.45, 2.75) is 20.8 Å². The second-order valence-electron chi connectivity index (χ2n) is 5.65. The van der Waals surface area contributed by atoms with Gasteiger partial charge < -0.3 is 9.26 Å². The van der Waals surface area contributed by atoms with Crippen molar-refractivity contribution in [3.05, 3.63) is 64.9 Å². The molecule has 25 heavy (non-hydrogen) atoms. The number of hydrogen-bond acceptors (Lipinski definition) is 6. The van der Waals surface area contributed by atoms with Crippen LogP contribution in [0.3, 0.4) is 0 Å². The fourth-order valence-electron chi connectivity index (χ4n) is 2.64. The third-order valence-electron chi connectivity index (χ3n) is 3.83. The largest absolute Gasteiger partial charge is 0.454 e. The Morgan fingerprint density at radius 3 is 2.52 bits per heavy atom. The Morgan fingerprint density at radius 1 is 1.16 bits per heavy atom. The monoisotopic (exact) mass is 339 g/mol. The van der Waals surface area contributed by atoms with Crippen LogP contribution in [0.5, 0.6) is 0 Å². The first-order valence-corrected chi connectivity index (χ1v) is 7.70. The van der Waals surface area contributed by atoms with Crippen molar-refractivity contribution in [1.29, 1.82) is 0 Å². The van der Waals surface area contributed by atoms with E-state index < -0.39 is 5.97 Å². The summed E-state index contributed by atoms with van der Waals surface area (Å²) in [7, 11) is 0. The third-order valence-corrected chi connectivity index (χ3v) is 3.83. The first-order chi connectivity index (χ1) is 12.0. The molecule has 0 aliphatic heterocycles. The first-order valence-electron chi connectivity index (χ1n) is 7.70. The maximum atomic E-state index is 12.5. The number of ether oxygens (including phenoxy) is 1. The topological polar surface area (TPSA) is 87.2 Å². The van der Waals surface area contributed by atoms with Crippen LogP contribution in [0.15, 0.2) is 41.2 Å². The van der Waals surface area contributed by atoms with Gasteiger partial charge in [-0.3, -0.25) is 14.3 Å². The van der Waals surface area contributed by atoms with E-state index in [0.717, 1.165) is 11.4 Å². The number of hydrogen-bond donors (Lipinski definition) is 0. The van der Waals surface area contributed by atoms with E-state index in [1.807, 2.05) is 18.4 Å². The number of aromatic nitrogens is 3. The minimum absolute atomic E-state index is 0.276. The smallest absolute Gasteiger partial charge is 0.338 e. The fraction of sp³-hybridized carbons (Fsp3) is 0.222. The van der Waals surface area contributed by atoms with E-state index in [4.69, 9.17) is 9.26 Å². The van der Waals surface area contributed by atoms with E-state index in [1.165, 1.54) is 24.5 Å². The zero-order valence-electron chi connectivity index (χ0n) is 14.1. The Labute approximate surface area is 144 Å². The van der Waals surface area contributed by atoms with Crippen molar-refractivity contribution in [2.24, 2.45) is 0 Å². The number of pyridine rings is 1. The summed E-state index contributed by atoms with van der Waals surface area (Å²) in [5.41, 5.74) is 2.40. The number of esters is 1. The zero-order chi connectivity index (χ0) is 18.0. The highest BCUT2D eigenvalue weighted by atomic mass is 16.5. The Hall–Kier alpha value is -3.22. The van der Waals surface area contributed by atoms with Crippen LogP contribution >= 0.6 is 0 Å². The highest BCUT2D eigenvalue weighted by molar-refractivity contribution is 6.00. The number of nitrogens with zero attached hydrogens (tertiary/aromatic N) is 3. The number of rotatable bonds is 5. The van der Waals surface area contributed by atoms with Crippen LogP contribution in [0.4, 0.5) is 0 Å². The van der Waals surface area contributed by atoms with Crippen LogP contribution in [0.1, 0.15) is 37.9 Å². The highest BCUT2D eigenvalue weighted by Gasteiger charge is 2.19. The summed E-state index contributed by atoms with van der Waals surface area (Å²) in [5.74, 6) is 0.459. The Kier molecular flexibility index (Phi) is 4.47. The summed E-state index contributed by atoms with van der Waals surface area (Å²) in [6.07, 6.45) is 2.98. The van der Waals surface area contributed by atoms with E-state index in [9.17, 15) is 9.59 Å². The molecule has 3 aromatic heterocycles. The van der Waals surface area contributed by atoms with Crippen molar-refractivity contribution >= 4 is 11.8 Å². The lowest BCUT2D eigenvalue weighted by molar-refractivity contribution is 0.0474. The van der Waals surface area contributed by atoms with Crippen molar-refractivity contribution < 1.29 is 18.8 Å². The van der Waals surface area contributed by atoms with Crippen LogP contribution in [-0.2, 0) is 4.74 Å². The van der Waals surface area contributed by atoms with E-state index in [0.29, 0.717) is 22.7 Å². The summed E-state index contributed by atoms with van der Waals surface area (Å²) < 4.78 is 12.0. The van der Waals surface area contributed by atoms with Gasteiger partial charge in [-0.25, -0.2) is 4.79 Å². The van der Waals surface area contributed by atoms with Gasteiger partial charge in [0, 0.05) is 35.4 Å². The standard InChI is InChI=1S/C18H17N3O4/c1-11-8-15(13(3)21(11)17-9-12(2)25-20-17)16(22)10-24-18(23)14-4-6-19-7-5-14/h4-9H,10H2,1-3H3. The summed E-state index contributed by atoms with van der Waals surface area (Å²) >= 11 is 0. The summed E-state index contributed by atoms with van der Waals surface area (Å²) in [6, 6.07) is 6.61. The maximum absolute atomic E-state index is 12.5. The van der Waals surface area contributed by atoms with Crippen molar-refractivity contribution in [3.63, 3.8) is 0 Å². The molecule has 0 atom stereocenters. The van der Waals surface area contributed by atoms with Gasteiger partial charge in [-0.05, 0) is 39.0 Å². The van der Waals surface area contributed by atoms with Crippen LogP contribution in [0, 0.1) is 20.8 Å². The van der Waals surface area contributed by atoms with Gasteiger partial charge in [-0.2, -0.15) is 0 Å². The summed E-state index contributed by atoms with van der Waals surface area (Å²) in [4.78, 5) is 28.2. The second kappa shape index (κ2) is 6.72. The molecular formula is C18H17N3O4. The number of carbonyl (C=O) groups is 2. The highest BCUT2D eigenvalue weighted by Crippen LogP contribution is 2.21. The Bertz CT molecular complexity index is 925. The number of aryl methyl sites for hydroxylation is 2. The molecule has 0 fully saturated rings. The van der Waals surface area contributed by atoms with E-state index in [-0.39, 0.29) is 12.4 Å². The Morgan fingerprint density at radius 2 is 1.88 bits per heavy atom. The van der Waals surface area contributed by atoms with Crippen LogP contribution in [0.2, 0.25) is 0 Å². The average molecular weight is 339 g/mol. The van der Waals surface area contributed by atoms with Gasteiger partial charge >= 0.3 is 5.97 Å². The molecule has 3 heterocycles. The van der Waals surface area contributed by atoms with Gasteiger partial charge in [0.15, 0.2) is 12.4 Å². The van der Waals surface area contributed by atoms with Crippen molar-refractivity contribution in [1.82, 2.24) is 14.7 Å². The molecule has 7 nitrogen and oxygen atoms in total. The minimum atomic E-state index is -0.559. The minimum Gasteiger partial charge on any atom is -0.454 e. The summed E-state index contributed by atoms with van der Waals surface area (Å²) in [6.45, 7) is 5.16. The van der Waals surface area contributed by atoms with Crippen molar-refractivity contribution in [2.75, 3.05) is 6.61 Å². The van der Waals surface area contributed by atoms with Crippen LogP contribution in [-0.4, -0.2) is 33.1 Å². The summed E-state index contributed by atoms with van der Waals surface area (Å²) in [5, 5.41) is 3.98. The third kappa shape index (κ3) is 3.35. The first kappa shape index (κ1) is 16.6. The molecular weight excluding hydrogens is 322 g/mol. The van der Waals surface area contributed by atoms with Crippen LogP contribution < -0.4 is 0 Å². The molecule has 0 aliphatic rings. The second-order valence-corrected chi connectivity index (χ2v) is 5.65. The molecule has 128 valence electrons.